The third kappa shape index (κ3) is 10.8. The van der Waals surface area contributed by atoms with Gasteiger partial charge in [-0.3, -0.25) is 0 Å². The highest BCUT2D eigenvalue weighted by Gasteiger charge is 2.36. The summed E-state index contributed by atoms with van der Waals surface area (Å²) < 4.78 is 32.5. The highest BCUT2D eigenvalue weighted by Crippen LogP contribution is 2.38. The Bertz CT molecular complexity index is 1090. The van der Waals surface area contributed by atoms with E-state index < -0.39 is 5.41 Å². The summed E-state index contributed by atoms with van der Waals surface area (Å²) in [4.78, 5) is 2.29. The molecule has 2 aromatic carbocycles. The van der Waals surface area contributed by atoms with Crippen LogP contribution < -0.4 is 14.2 Å². The molecule has 0 aliphatic heterocycles. The van der Waals surface area contributed by atoms with Gasteiger partial charge in [0.05, 0.1) is 65.3 Å². The maximum absolute atomic E-state index is 10.4. The van der Waals surface area contributed by atoms with E-state index in [4.69, 9.17) is 28.4 Å². The van der Waals surface area contributed by atoms with Crippen LogP contribution in [0.3, 0.4) is 0 Å². The molecule has 0 aromatic heterocycles. The number of nitriles is 1. The van der Waals surface area contributed by atoms with E-state index in [2.05, 4.69) is 37.9 Å². The molecule has 0 aliphatic rings. The smallest absolute Gasteiger partial charge is 0.160 e. The Morgan fingerprint density at radius 2 is 1.52 bits per heavy atom. The van der Waals surface area contributed by atoms with Crippen LogP contribution in [0.15, 0.2) is 36.4 Å². The molecule has 0 bridgehead atoms. The van der Waals surface area contributed by atoms with Crippen LogP contribution in [0.25, 0.3) is 0 Å². The number of aliphatic hydroxyl groups excluding tert-OH is 1. The Labute approximate surface area is 252 Å². The van der Waals surface area contributed by atoms with Crippen molar-refractivity contribution in [3.63, 3.8) is 0 Å². The summed E-state index contributed by atoms with van der Waals surface area (Å²) in [6.45, 7) is 8.61. The summed E-state index contributed by atoms with van der Waals surface area (Å²) >= 11 is 0. The van der Waals surface area contributed by atoms with Gasteiger partial charge in [-0.2, -0.15) is 5.26 Å². The topological polar surface area (TPSA) is 103 Å². The number of hydrogen-bond acceptors (Lipinski definition) is 9. The highest BCUT2D eigenvalue weighted by molar-refractivity contribution is 5.44. The standard InChI is InChI=1S/C33H50N2O7/c1-26(2)33(25-34,13-7-14-35(3)15-12-27-8-10-31(38-5)32(22-27)39-6)29-9-11-30(28(23-29)24-36)42-21-20-41-19-18-40-17-16-37-4/h8-11,22-23,26,36H,7,12-21,24H2,1-6H3. The normalized spacial score (nSPS) is 12.8. The third-order valence-corrected chi connectivity index (χ3v) is 7.56. The molecule has 1 atom stereocenters. The SMILES string of the molecule is COCCOCCOCCOc1ccc(C(C#N)(CCCN(C)CCc2ccc(OC)c(OC)c2)C(C)C)cc1CO. The van der Waals surface area contributed by atoms with Gasteiger partial charge in [-0.25, -0.2) is 0 Å². The number of rotatable bonds is 22. The van der Waals surface area contributed by atoms with E-state index in [-0.39, 0.29) is 12.5 Å². The molecular weight excluding hydrogens is 536 g/mol. The average Bonchev–Trinajstić information content (AvgIpc) is 3.01. The minimum absolute atomic E-state index is 0.0948. The van der Waals surface area contributed by atoms with Gasteiger partial charge < -0.3 is 38.4 Å². The molecule has 0 radical (unpaired) electrons. The van der Waals surface area contributed by atoms with Crippen LogP contribution in [-0.4, -0.2) is 91.1 Å². The van der Waals surface area contributed by atoms with Gasteiger partial charge in [-0.05, 0) is 74.2 Å². The maximum atomic E-state index is 10.4. The molecule has 0 aliphatic carbocycles. The summed E-state index contributed by atoms with van der Waals surface area (Å²) in [5.74, 6) is 2.16. The van der Waals surface area contributed by atoms with Crippen molar-refractivity contribution in [3.05, 3.63) is 53.1 Å². The Kier molecular flexibility index (Phi) is 16.3. The predicted molar refractivity (Wildman–Crippen MR) is 163 cm³/mol. The van der Waals surface area contributed by atoms with Crippen molar-refractivity contribution >= 4 is 0 Å². The van der Waals surface area contributed by atoms with E-state index in [0.29, 0.717) is 57.4 Å². The molecule has 0 heterocycles. The van der Waals surface area contributed by atoms with Gasteiger partial charge in [-0.1, -0.05) is 26.0 Å². The molecule has 9 nitrogen and oxygen atoms in total. The zero-order valence-electron chi connectivity index (χ0n) is 26.3. The summed E-state index contributed by atoms with van der Waals surface area (Å²) in [7, 11) is 7.03. The number of nitrogens with zero attached hydrogens (tertiary/aromatic N) is 2. The van der Waals surface area contributed by atoms with Crippen LogP contribution in [0, 0.1) is 17.2 Å². The molecule has 42 heavy (non-hydrogen) atoms. The fraction of sp³-hybridized carbons (Fsp3) is 0.606. The van der Waals surface area contributed by atoms with Crippen LogP contribution in [0.4, 0.5) is 0 Å². The molecule has 0 fully saturated rings. The van der Waals surface area contributed by atoms with E-state index in [9.17, 15) is 10.4 Å². The minimum Gasteiger partial charge on any atom is -0.493 e. The molecular formula is C33H50N2O7. The summed E-state index contributed by atoms with van der Waals surface area (Å²) in [5, 5.41) is 20.5. The van der Waals surface area contributed by atoms with Crippen molar-refractivity contribution in [1.29, 1.82) is 5.26 Å². The second kappa shape index (κ2) is 19.3. The Hall–Kier alpha value is -2.87. The monoisotopic (exact) mass is 586 g/mol. The third-order valence-electron chi connectivity index (χ3n) is 7.56. The first-order valence-corrected chi connectivity index (χ1v) is 14.7. The lowest BCUT2D eigenvalue weighted by Gasteiger charge is -2.32. The number of likely N-dealkylation sites (N-methyl/N-ethyl adjacent to an activating group) is 1. The Balaban J connectivity index is 1.92. The second-order valence-corrected chi connectivity index (χ2v) is 10.6. The summed E-state index contributed by atoms with van der Waals surface area (Å²) in [6, 6.07) is 14.4. The predicted octanol–water partition coefficient (Wildman–Crippen LogP) is 4.63. The van der Waals surface area contributed by atoms with Crippen LogP contribution >= 0.6 is 0 Å². The molecule has 9 heteroatoms. The lowest BCUT2D eigenvalue weighted by molar-refractivity contribution is 0.0178. The fourth-order valence-electron chi connectivity index (χ4n) is 4.91. The summed E-state index contributed by atoms with van der Waals surface area (Å²) in [5.41, 5.74) is 2.10. The first-order chi connectivity index (χ1) is 20.3. The molecule has 0 amide bonds. The lowest BCUT2D eigenvalue weighted by atomic mass is 9.69. The molecule has 1 N–H and O–H groups in total. The number of hydrogen-bond donors (Lipinski definition) is 1. The van der Waals surface area contributed by atoms with Crippen LogP contribution in [0.5, 0.6) is 17.2 Å². The van der Waals surface area contributed by atoms with Gasteiger partial charge >= 0.3 is 0 Å². The lowest BCUT2D eigenvalue weighted by Crippen LogP contribution is -2.32. The zero-order chi connectivity index (χ0) is 30.8. The number of benzene rings is 2. The van der Waals surface area contributed by atoms with Crippen LogP contribution in [-0.2, 0) is 32.7 Å². The molecule has 0 saturated heterocycles. The van der Waals surface area contributed by atoms with E-state index in [0.717, 1.165) is 43.0 Å². The quantitative estimate of drug-likeness (QED) is 0.198. The van der Waals surface area contributed by atoms with Gasteiger partial charge in [-0.15, -0.1) is 0 Å². The first kappa shape index (κ1) is 35.3. The molecule has 0 saturated carbocycles. The van der Waals surface area contributed by atoms with E-state index in [1.54, 1.807) is 21.3 Å². The van der Waals surface area contributed by atoms with Crippen molar-refractivity contribution in [2.24, 2.45) is 5.92 Å². The van der Waals surface area contributed by atoms with Crippen LogP contribution in [0.1, 0.15) is 43.4 Å². The zero-order valence-corrected chi connectivity index (χ0v) is 26.3. The second-order valence-electron chi connectivity index (χ2n) is 10.6. The van der Waals surface area contributed by atoms with Crippen molar-refractivity contribution in [2.75, 3.05) is 81.1 Å². The molecule has 2 rings (SSSR count). The highest BCUT2D eigenvalue weighted by atomic mass is 16.6. The van der Waals surface area contributed by atoms with Crippen molar-refractivity contribution in [3.8, 4) is 23.3 Å². The van der Waals surface area contributed by atoms with E-state index in [1.165, 1.54) is 5.56 Å². The van der Waals surface area contributed by atoms with Crippen molar-refractivity contribution in [1.82, 2.24) is 4.90 Å². The minimum atomic E-state index is -0.668. The van der Waals surface area contributed by atoms with E-state index in [1.807, 2.05) is 30.3 Å². The number of ether oxygens (including phenoxy) is 6. The van der Waals surface area contributed by atoms with Crippen LogP contribution in [0.2, 0.25) is 0 Å². The van der Waals surface area contributed by atoms with Gasteiger partial charge in [0.2, 0.25) is 0 Å². The molecule has 0 spiro atoms. The summed E-state index contributed by atoms with van der Waals surface area (Å²) in [6.07, 6.45) is 2.47. The maximum Gasteiger partial charge on any atom is 0.160 e. The van der Waals surface area contributed by atoms with Gasteiger partial charge in [0.15, 0.2) is 11.5 Å². The fourth-order valence-corrected chi connectivity index (χ4v) is 4.91. The largest absolute Gasteiger partial charge is 0.493 e. The Morgan fingerprint density at radius 3 is 2.14 bits per heavy atom. The first-order valence-electron chi connectivity index (χ1n) is 14.7. The molecule has 234 valence electrons. The molecule has 2 aromatic rings. The average molecular weight is 587 g/mol. The number of aliphatic hydroxyl groups is 1. The van der Waals surface area contributed by atoms with Crippen molar-refractivity contribution in [2.45, 2.75) is 45.1 Å². The van der Waals surface area contributed by atoms with Gasteiger partial charge in [0.1, 0.15) is 12.4 Å². The van der Waals surface area contributed by atoms with E-state index >= 15 is 0 Å². The van der Waals surface area contributed by atoms with Gasteiger partial charge in [0, 0.05) is 19.2 Å². The van der Waals surface area contributed by atoms with Crippen molar-refractivity contribution < 1.29 is 33.5 Å². The molecule has 1 unspecified atom stereocenters. The Morgan fingerprint density at radius 1 is 0.857 bits per heavy atom. The van der Waals surface area contributed by atoms with Gasteiger partial charge in [0.25, 0.3) is 0 Å². The number of methoxy groups -OCH3 is 3.